The molecule has 0 spiro atoms. The Balaban J connectivity index is 1.95. The van der Waals surface area contributed by atoms with Gasteiger partial charge in [-0.1, -0.05) is 61.2 Å². The number of hydrogen-bond acceptors (Lipinski definition) is 6. The van der Waals surface area contributed by atoms with Gasteiger partial charge in [-0.25, -0.2) is 9.46 Å². The van der Waals surface area contributed by atoms with Crippen LogP contribution >= 0.6 is 8.53 Å². The fourth-order valence-corrected chi connectivity index (χ4v) is 5.80. The first-order chi connectivity index (χ1) is 18.3. The molecule has 0 radical (unpaired) electrons. The fraction of sp³-hybridized carbons (Fsp3) is 0.467. The molecule has 0 bridgehead atoms. The van der Waals surface area contributed by atoms with Crippen molar-refractivity contribution in [2.75, 3.05) is 19.8 Å². The number of alkyl carbamates (subject to hydrolysis) is 1. The van der Waals surface area contributed by atoms with Crippen molar-refractivity contribution in [3.05, 3.63) is 77.4 Å². The number of hydrogen-bond donors (Lipinski definition) is 1. The molecule has 0 saturated heterocycles. The molecule has 0 aliphatic heterocycles. The van der Waals surface area contributed by atoms with Gasteiger partial charge in [0.1, 0.15) is 6.10 Å². The zero-order valence-electron chi connectivity index (χ0n) is 23.4. The lowest BCUT2D eigenvalue weighted by Gasteiger charge is -2.35. The maximum Gasteiger partial charge on any atom is 0.407 e. The predicted molar refractivity (Wildman–Crippen MR) is 154 cm³/mol. The number of rotatable bonds is 16. The van der Waals surface area contributed by atoms with Crippen molar-refractivity contribution in [1.29, 1.82) is 5.26 Å². The van der Waals surface area contributed by atoms with Gasteiger partial charge in [-0.2, -0.15) is 5.26 Å². The van der Waals surface area contributed by atoms with E-state index < -0.39 is 20.7 Å². The Morgan fingerprint density at radius 1 is 1.08 bits per heavy atom. The van der Waals surface area contributed by atoms with Crippen molar-refractivity contribution >= 4 is 20.7 Å². The zero-order valence-corrected chi connectivity index (χ0v) is 24.2. The van der Waals surface area contributed by atoms with Gasteiger partial charge in [0.2, 0.25) is 0 Å². The highest BCUT2D eigenvalue weighted by Crippen LogP contribution is 2.46. The minimum Gasteiger partial charge on any atom is -0.441 e. The number of carbonyl (C=O) groups excluding carboxylic acids is 1. The van der Waals surface area contributed by atoms with Crippen LogP contribution in [0.3, 0.4) is 0 Å². The smallest absolute Gasteiger partial charge is 0.407 e. The lowest BCUT2D eigenvalue weighted by atomic mass is 9.95. The number of ether oxygens (including phenoxy) is 1. The minimum atomic E-state index is -1.30. The lowest BCUT2D eigenvalue weighted by molar-refractivity contribution is 0.0966. The first-order valence-electron chi connectivity index (χ1n) is 13.2. The normalized spacial score (nSPS) is 12.8. The molecule has 2 aromatic rings. The van der Waals surface area contributed by atoms with Crippen LogP contribution in [0.5, 0.6) is 0 Å². The summed E-state index contributed by atoms with van der Waals surface area (Å²) in [6.45, 7) is 15.5. The molecule has 2 aromatic carbocycles. The second-order valence-corrected chi connectivity index (χ2v) is 11.0. The van der Waals surface area contributed by atoms with Crippen LogP contribution in [-0.2, 0) is 20.2 Å². The third kappa shape index (κ3) is 10.2. The quantitative estimate of drug-likeness (QED) is 0.178. The Hall–Kier alpha value is -2.75. The number of amides is 1. The van der Waals surface area contributed by atoms with Crippen molar-refractivity contribution in [1.82, 2.24) is 9.99 Å². The molecular formula is C30H42N3O4P. The van der Waals surface area contributed by atoms with Crippen molar-refractivity contribution < 1.29 is 18.6 Å². The van der Waals surface area contributed by atoms with Crippen LogP contribution in [0, 0.1) is 18.3 Å². The molecule has 1 amide bonds. The van der Waals surface area contributed by atoms with Crippen LogP contribution < -0.4 is 5.32 Å². The van der Waals surface area contributed by atoms with Crippen LogP contribution in [-0.4, -0.2) is 42.6 Å². The Morgan fingerprint density at radius 3 is 2.39 bits per heavy atom. The molecule has 0 fully saturated rings. The van der Waals surface area contributed by atoms with E-state index in [1.54, 1.807) is 0 Å². The van der Waals surface area contributed by atoms with Crippen LogP contribution in [0.15, 0.2) is 55.1 Å². The summed E-state index contributed by atoms with van der Waals surface area (Å²) in [5.41, 5.74) is 4.14. The maximum atomic E-state index is 12.8. The van der Waals surface area contributed by atoms with Crippen LogP contribution in [0.2, 0.25) is 0 Å². The van der Waals surface area contributed by atoms with Crippen molar-refractivity contribution in [2.45, 2.75) is 72.1 Å². The zero-order chi connectivity index (χ0) is 27.9. The number of nitriles is 1. The van der Waals surface area contributed by atoms with E-state index in [1.165, 1.54) is 0 Å². The molecule has 0 aliphatic carbocycles. The molecule has 0 aromatic heterocycles. The van der Waals surface area contributed by atoms with Gasteiger partial charge in [-0.3, -0.25) is 0 Å². The van der Waals surface area contributed by atoms with E-state index in [-0.39, 0.29) is 12.1 Å². The average Bonchev–Trinajstić information content (AvgIpc) is 2.88. The monoisotopic (exact) mass is 539 g/mol. The second-order valence-electron chi connectivity index (χ2n) is 9.52. The summed E-state index contributed by atoms with van der Waals surface area (Å²) in [6, 6.07) is 18.5. The Kier molecular flexibility index (Phi) is 14.0. The van der Waals surface area contributed by atoms with Gasteiger partial charge in [0.05, 0.1) is 25.7 Å². The molecule has 0 heterocycles. The van der Waals surface area contributed by atoms with Crippen LogP contribution in [0.4, 0.5) is 4.79 Å². The number of nitrogens with one attached hydrogen (secondary N) is 1. The van der Waals surface area contributed by atoms with Gasteiger partial charge >= 0.3 is 6.09 Å². The van der Waals surface area contributed by atoms with E-state index in [9.17, 15) is 4.79 Å². The Bertz CT molecular complexity index is 1050. The van der Waals surface area contributed by atoms with Crippen molar-refractivity contribution in [3.8, 4) is 6.07 Å². The van der Waals surface area contributed by atoms with Gasteiger partial charge in [-0.05, 0) is 63.3 Å². The van der Waals surface area contributed by atoms with E-state index >= 15 is 0 Å². The van der Waals surface area contributed by atoms with E-state index in [1.807, 2.05) is 61.5 Å². The summed E-state index contributed by atoms with van der Waals surface area (Å²) < 4.78 is 20.1. The van der Waals surface area contributed by atoms with Crippen molar-refractivity contribution in [3.63, 3.8) is 0 Å². The average molecular weight is 540 g/mol. The Labute approximate surface area is 229 Å². The molecule has 0 aliphatic rings. The molecular weight excluding hydrogens is 497 g/mol. The molecule has 8 heteroatoms. The molecule has 2 rings (SSSR count). The fourth-order valence-electron chi connectivity index (χ4n) is 4.17. The van der Waals surface area contributed by atoms with Gasteiger partial charge in [0, 0.05) is 25.0 Å². The van der Waals surface area contributed by atoms with Crippen LogP contribution in [0.25, 0.3) is 6.08 Å². The lowest BCUT2D eigenvalue weighted by Crippen LogP contribution is -2.34. The van der Waals surface area contributed by atoms with E-state index in [2.05, 4.69) is 50.3 Å². The second kappa shape index (κ2) is 17.0. The summed E-state index contributed by atoms with van der Waals surface area (Å²) in [5.74, 6) is 0. The number of aryl methyl sites for hydroxylation is 1. The molecule has 206 valence electrons. The van der Waals surface area contributed by atoms with Crippen LogP contribution in [0.1, 0.15) is 68.9 Å². The predicted octanol–water partition coefficient (Wildman–Crippen LogP) is 7.33. The van der Waals surface area contributed by atoms with E-state index in [0.29, 0.717) is 39.0 Å². The highest BCUT2D eigenvalue weighted by molar-refractivity contribution is 7.44. The number of benzene rings is 2. The number of nitrogens with zero attached hydrogens (tertiary/aromatic N) is 2. The van der Waals surface area contributed by atoms with Crippen molar-refractivity contribution in [2.24, 2.45) is 0 Å². The van der Waals surface area contributed by atoms with Gasteiger partial charge in [0.15, 0.2) is 0 Å². The molecule has 2 unspecified atom stereocenters. The minimum absolute atomic E-state index is 0.237. The van der Waals surface area contributed by atoms with Gasteiger partial charge in [0.25, 0.3) is 8.53 Å². The largest absolute Gasteiger partial charge is 0.441 e. The Morgan fingerprint density at radius 2 is 1.74 bits per heavy atom. The third-order valence-electron chi connectivity index (χ3n) is 5.92. The summed E-state index contributed by atoms with van der Waals surface area (Å²) in [7, 11) is -1.30. The molecule has 1 N–H and O–H groups in total. The molecule has 0 saturated carbocycles. The standard InChI is InChI=1S/C30H42N3O4P/c1-7-26-15-9-10-16-27(26)22-29(28-17-11-8-14-25(28)6)37-30(34)32-19-13-21-36-38(35-20-12-18-31)33(23(2)3)24(4)5/h7-11,14-17,23-24,29H,1,12-13,19-22H2,2-6H3,(H,32,34). The van der Waals surface area contributed by atoms with Gasteiger partial charge < -0.3 is 19.1 Å². The first kappa shape index (κ1) is 31.5. The van der Waals surface area contributed by atoms with Gasteiger partial charge in [-0.15, -0.1) is 0 Å². The van der Waals surface area contributed by atoms with E-state index in [4.69, 9.17) is 19.0 Å². The molecule has 38 heavy (non-hydrogen) atoms. The summed E-state index contributed by atoms with van der Waals surface area (Å²) >= 11 is 0. The van der Waals surface area contributed by atoms with E-state index in [0.717, 1.165) is 22.3 Å². The topological polar surface area (TPSA) is 83.8 Å². The molecule has 2 atom stereocenters. The third-order valence-corrected chi connectivity index (χ3v) is 8.03. The summed E-state index contributed by atoms with van der Waals surface area (Å²) in [5, 5.41) is 11.7. The number of carbonyl (C=O) groups is 1. The maximum absolute atomic E-state index is 12.8. The SMILES string of the molecule is C=Cc1ccccc1CC(OC(=O)NCCCOP(OCCC#N)N(C(C)C)C(C)C)c1ccccc1C. The highest BCUT2D eigenvalue weighted by Gasteiger charge is 2.27. The molecule has 7 nitrogen and oxygen atoms in total. The highest BCUT2D eigenvalue weighted by atomic mass is 31.2. The summed E-state index contributed by atoms with van der Waals surface area (Å²) in [4.78, 5) is 12.8. The first-order valence-corrected chi connectivity index (χ1v) is 14.3. The summed E-state index contributed by atoms with van der Waals surface area (Å²) in [6.07, 6.45) is 2.40.